The second kappa shape index (κ2) is 7.83. The lowest BCUT2D eigenvalue weighted by Gasteiger charge is -2.45. The zero-order valence-electron chi connectivity index (χ0n) is 19.4. The van der Waals surface area contributed by atoms with Crippen LogP contribution in [0.5, 0.6) is 0 Å². The third-order valence-corrected chi connectivity index (χ3v) is 7.72. The number of furan rings is 1. The fraction of sp³-hybridized carbons (Fsp3) is 0.138. The van der Waals surface area contributed by atoms with Crippen LogP contribution in [0.4, 0.5) is 5.69 Å². The van der Waals surface area contributed by atoms with E-state index in [1.54, 1.807) is 24.3 Å². The van der Waals surface area contributed by atoms with Crippen LogP contribution < -0.4 is 0 Å². The first-order valence-corrected chi connectivity index (χ1v) is 12.0. The molecule has 3 aromatic carbocycles. The van der Waals surface area contributed by atoms with Crippen LogP contribution in [0.15, 0.2) is 94.4 Å². The normalized spacial score (nSPS) is 23.3. The van der Waals surface area contributed by atoms with E-state index in [4.69, 9.17) is 4.42 Å². The van der Waals surface area contributed by atoms with Crippen LogP contribution >= 0.6 is 0 Å². The number of nitro benzene ring substituents is 1. The maximum atomic E-state index is 13.6. The number of hydrogen-bond acceptors (Lipinski definition) is 6. The van der Waals surface area contributed by atoms with E-state index in [0.717, 1.165) is 27.3 Å². The molecule has 2 amide bonds. The number of imide groups is 1. The molecular formula is C29H19N3O5. The molecule has 0 spiro atoms. The van der Waals surface area contributed by atoms with Crippen LogP contribution in [0.25, 0.3) is 11.3 Å². The Morgan fingerprint density at radius 1 is 0.757 bits per heavy atom. The van der Waals surface area contributed by atoms with Gasteiger partial charge >= 0.3 is 0 Å². The van der Waals surface area contributed by atoms with Crippen LogP contribution in [0.2, 0.25) is 0 Å². The molecule has 2 heterocycles. The van der Waals surface area contributed by atoms with E-state index in [0.29, 0.717) is 17.1 Å². The molecule has 1 aliphatic heterocycles. The maximum Gasteiger partial charge on any atom is 0.269 e. The van der Waals surface area contributed by atoms with E-state index in [-0.39, 0.29) is 29.3 Å². The standard InChI is InChI=1S/C29H19N3O5/c33-28-26-24-19-5-1-2-6-20(19)25(22-8-4-3-7-21(22)24)27(26)29(34)31(28)30-15-18-13-14-23(37-18)16-9-11-17(12-10-16)32(35)36/h1-15,24-27H/b30-15-/t24?,25?,26-,27+. The first kappa shape index (κ1) is 21.4. The van der Waals surface area contributed by atoms with Crippen molar-refractivity contribution < 1.29 is 18.9 Å². The summed E-state index contributed by atoms with van der Waals surface area (Å²) in [4.78, 5) is 37.6. The Morgan fingerprint density at radius 3 is 1.76 bits per heavy atom. The molecule has 2 bridgehead atoms. The highest BCUT2D eigenvalue weighted by Gasteiger charge is 2.61. The zero-order chi connectivity index (χ0) is 25.3. The molecule has 3 aliphatic carbocycles. The summed E-state index contributed by atoms with van der Waals surface area (Å²) in [7, 11) is 0. The number of non-ortho nitro benzene ring substituents is 1. The number of nitro groups is 1. The number of hydrogen-bond donors (Lipinski definition) is 0. The molecule has 1 saturated heterocycles. The van der Waals surface area contributed by atoms with Gasteiger partial charge in [-0.05, 0) is 46.5 Å². The van der Waals surface area contributed by atoms with Crippen molar-refractivity contribution in [2.24, 2.45) is 16.9 Å². The molecule has 37 heavy (non-hydrogen) atoms. The molecule has 1 fully saturated rings. The van der Waals surface area contributed by atoms with Crippen LogP contribution in [-0.4, -0.2) is 28.0 Å². The van der Waals surface area contributed by atoms with E-state index in [9.17, 15) is 19.7 Å². The van der Waals surface area contributed by atoms with Gasteiger partial charge in [0.05, 0.1) is 23.0 Å². The number of amides is 2. The van der Waals surface area contributed by atoms with Gasteiger partial charge in [-0.1, -0.05) is 48.5 Å². The monoisotopic (exact) mass is 489 g/mol. The van der Waals surface area contributed by atoms with Gasteiger partial charge in [-0.3, -0.25) is 19.7 Å². The Morgan fingerprint density at radius 2 is 1.27 bits per heavy atom. The lowest BCUT2D eigenvalue weighted by molar-refractivity contribution is -0.384. The predicted molar refractivity (Wildman–Crippen MR) is 134 cm³/mol. The average molecular weight is 489 g/mol. The first-order chi connectivity index (χ1) is 18.0. The Labute approximate surface area is 211 Å². The molecule has 4 aromatic rings. The van der Waals surface area contributed by atoms with Gasteiger partial charge in [0.25, 0.3) is 17.5 Å². The highest BCUT2D eigenvalue weighted by Crippen LogP contribution is 2.60. The van der Waals surface area contributed by atoms with Crippen molar-refractivity contribution in [1.29, 1.82) is 0 Å². The molecule has 0 unspecified atom stereocenters. The Bertz CT molecular complexity index is 1520. The summed E-state index contributed by atoms with van der Waals surface area (Å²) < 4.78 is 5.81. The van der Waals surface area contributed by atoms with Crippen LogP contribution in [-0.2, 0) is 9.59 Å². The fourth-order valence-electron chi connectivity index (χ4n) is 6.21. The van der Waals surface area contributed by atoms with E-state index in [1.165, 1.54) is 18.3 Å². The van der Waals surface area contributed by atoms with Crippen molar-refractivity contribution in [1.82, 2.24) is 5.01 Å². The van der Waals surface area contributed by atoms with Crippen molar-refractivity contribution in [2.75, 3.05) is 0 Å². The van der Waals surface area contributed by atoms with Crippen molar-refractivity contribution >= 4 is 23.7 Å². The molecule has 0 radical (unpaired) electrons. The molecule has 180 valence electrons. The minimum Gasteiger partial charge on any atom is -0.455 e. The quantitative estimate of drug-likeness (QED) is 0.172. The minimum atomic E-state index is -0.494. The SMILES string of the molecule is O=C1[C@@H]2C3c4ccccc4C(c4ccccc43)[C@@H]2C(=O)N1/N=C\c1ccc(-c2ccc([N+](=O)[O-])cc2)o1. The molecule has 8 rings (SSSR count). The topological polar surface area (TPSA) is 106 Å². The Hall–Kier alpha value is -4.85. The highest BCUT2D eigenvalue weighted by atomic mass is 16.6. The second-order valence-electron chi connectivity index (χ2n) is 9.50. The maximum absolute atomic E-state index is 13.6. The smallest absolute Gasteiger partial charge is 0.269 e. The van der Waals surface area contributed by atoms with Gasteiger partial charge in [0.15, 0.2) is 0 Å². The van der Waals surface area contributed by atoms with Crippen molar-refractivity contribution in [2.45, 2.75) is 11.8 Å². The molecule has 4 aliphatic rings. The molecular weight excluding hydrogens is 470 g/mol. The molecule has 2 atom stereocenters. The van der Waals surface area contributed by atoms with Crippen LogP contribution in [0, 0.1) is 22.0 Å². The summed E-state index contributed by atoms with van der Waals surface area (Å²) in [6.07, 6.45) is 1.37. The number of carbonyl (C=O) groups is 2. The third kappa shape index (κ3) is 3.05. The van der Waals surface area contributed by atoms with Gasteiger partial charge in [-0.25, -0.2) is 0 Å². The largest absolute Gasteiger partial charge is 0.455 e. The summed E-state index contributed by atoms with van der Waals surface area (Å²) in [5.41, 5.74) is 5.09. The Kier molecular flexibility index (Phi) is 4.53. The summed E-state index contributed by atoms with van der Waals surface area (Å²) in [6.45, 7) is 0. The van der Waals surface area contributed by atoms with E-state index in [1.807, 2.05) is 24.3 Å². The van der Waals surface area contributed by atoms with Gasteiger partial charge < -0.3 is 4.42 Å². The molecule has 1 aromatic heterocycles. The summed E-state index contributed by atoms with van der Waals surface area (Å²) in [5.74, 6) is -1.10. The Balaban J connectivity index is 1.20. The third-order valence-electron chi connectivity index (χ3n) is 7.72. The molecule has 8 heteroatoms. The summed E-state index contributed by atoms with van der Waals surface area (Å²) >= 11 is 0. The second-order valence-corrected chi connectivity index (χ2v) is 9.50. The zero-order valence-corrected chi connectivity index (χ0v) is 19.4. The van der Waals surface area contributed by atoms with Gasteiger partial charge in [0.1, 0.15) is 11.5 Å². The minimum absolute atomic E-state index is 0.0112. The van der Waals surface area contributed by atoms with Crippen molar-refractivity contribution in [3.8, 4) is 11.3 Å². The fourth-order valence-corrected chi connectivity index (χ4v) is 6.21. The molecule has 8 nitrogen and oxygen atoms in total. The number of benzene rings is 3. The number of hydrazone groups is 1. The predicted octanol–water partition coefficient (Wildman–Crippen LogP) is 5.08. The van der Waals surface area contributed by atoms with Crippen LogP contribution in [0.1, 0.15) is 39.8 Å². The van der Waals surface area contributed by atoms with Crippen LogP contribution in [0.3, 0.4) is 0 Å². The molecule has 0 saturated carbocycles. The van der Waals surface area contributed by atoms with E-state index >= 15 is 0 Å². The summed E-state index contributed by atoms with van der Waals surface area (Å²) in [5, 5.41) is 16.2. The number of carbonyl (C=O) groups excluding carboxylic acids is 2. The van der Waals surface area contributed by atoms with Crippen molar-refractivity contribution in [3.05, 3.63) is 123 Å². The van der Waals surface area contributed by atoms with Gasteiger partial charge in [0, 0.05) is 29.5 Å². The van der Waals surface area contributed by atoms with Crippen molar-refractivity contribution in [3.63, 3.8) is 0 Å². The summed E-state index contributed by atoms with van der Waals surface area (Å²) in [6, 6.07) is 25.6. The lowest BCUT2D eigenvalue weighted by atomic mass is 9.55. The van der Waals surface area contributed by atoms with Gasteiger partial charge in [-0.15, -0.1) is 0 Å². The number of nitrogens with zero attached hydrogens (tertiary/aromatic N) is 3. The van der Waals surface area contributed by atoms with E-state index < -0.39 is 16.8 Å². The number of rotatable bonds is 4. The lowest BCUT2D eigenvalue weighted by Crippen LogP contribution is -2.41. The molecule has 0 N–H and O–H groups in total. The van der Waals surface area contributed by atoms with Gasteiger partial charge in [0.2, 0.25) is 0 Å². The average Bonchev–Trinajstić information content (AvgIpc) is 3.50. The van der Waals surface area contributed by atoms with Gasteiger partial charge in [-0.2, -0.15) is 10.1 Å². The highest BCUT2D eigenvalue weighted by molar-refractivity contribution is 6.08. The first-order valence-electron chi connectivity index (χ1n) is 12.0. The van der Waals surface area contributed by atoms with E-state index in [2.05, 4.69) is 29.4 Å².